The number of hydrogen-bond acceptors (Lipinski definition) is 3. The lowest BCUT2D eigenvalue weighted by atomic mass is 10.1. The largest absolute Gasteiger partial charge is 0.317 e. The number of fused-ring (bicyclic) bond motifs is 1. The molecule has 0 spiro atoms. The molecule has 0 aromatic rings. The fraction of sp³-hybridized carbons (Fsp3) is 0.625. The van der Waals surface area contributed by atoms with E-state index in [-0.39, 0.29) is 17.3 Å². The quantitative estimate of drug-likeness (QED) is 0.558. The Morgan fingerprint density at radius 2 is 2.25 bits per heavy atom. The highest BCUT2D eigenvalue weighted by atomic mass is 32.2. The lowest BCUT2D eigenvalue weighted by molar-refractivity contribution is -0.141. The molecule has 0 aliphatic carbocycles. The third-order valence-electron chi connectivity index (χ3n) is 2.53. The summed E-state index contributed by atoms with van der Waals surface area (Å²) in [4.78, 5) is 13.1. The van der Waals surface area contributed by atoms with E-state index in [2.05, 4.69) is 6.92 Å². The first kappa shape index (κ1) is 8.13. The van der Waals surface area contributed by atoms with E-state index < -0.39 is 0 Å². The third-order valence-corrected chi connectivity index (χ3v) is 3.98. The van der Waals surface area contributed by atoms with Crippen molar-refractivity contribution >= 4 is 17.7 Å². The van der Waals surface area contributed by atoms with Crippen LogP contribution < -0.4 is 5.73 Å². The molecule has 12 heavy (non-hydrogen) atoms. The summed E-state index contributed by atoms with van der Waals surface area (Å²) < 4.78 is 0. The van der Waals surface area contributed by atoms with Gasteiger partial charge < -0.3 is 10.6 Å². The minimum absolute atomic E-state index is 0.0732. The predicted molar refractivity (Wildman–Crippen MR) is 49.4 cm³/mol. The number of carbonyl (C=O) groups is 1. The van der Waals surface area contributed by atoms with Gasteiger partial charge in [-0.2, -0.15) is 0 Å². The van der Waals surface area contributed by atoms with Crippen LogP contribution in [0, 0.1) is 0 Å². The SMILES string of the molecule is CC1=C(C)N2C(=O)[C@@H](N)[C@@H]2SC1. The first-order valence-corrected chi connectivity index (χ1v) is 5.04. The maximum absolute atomic E-state index is 11.3. The molecule has 2 rings (SSSR count). The Labute approximate surface area is 76.0 Å². The summed E-state index contributed by atoms with van der Waals surface area (Å²) in [5.41, 5.74) is 8.04. The topological polar surface area (TPSA) is 46.3 Å². The van der Waals surface area contributed by atoms with Gasteiger partial charge in [-0.15, -0.1) is 11.8 Å². The van der Waals surface area contributed by atoms with E-state index in [1.54, 1.807) is 11.8 Å². The van der Waals surface area contributed by atoms with Crippen molar-refractivity contribution in [1.82, 2.24) is 4.90 Å². The van der Waals surface area contributed by atoms with Crippen molar-refractivity contribution in [3.05, 3.63) is 11.3 Å². The number of hydrogen-bond donors (Lipinski definition) is 1. The lowest BCUT2D eigenvalue weighted by Crippen LogP contribution is -2.67. The van der Waals surface area contributed by atoms with Crippen molar-refractivity contribution in [2.45, 2.75) is 25.3 Å². The van der Waals surface area contributed by atoms with Gasteiger partial charge in [-0.3, -0.25) is 4.79 Å². The number of amides is 1. The zero-order valence-electron chi connectivity index (χ0n) is 7.20. The number of nitrogens with two attached hydrogens (primary N) is 1. The second-order valence-electron chi connectivity index (χ2n) is 3.30. The molecule has 2 N–H and O–H groups in total. The molecule has 0 unspecified atom stereocenters. The van der Waals surface area contributed by atoms with Crippen LogP contribution in [0.3, 0.4) is 0 Å². The molecule has 1 amide bonds. The van der Waals surface area contributed by atoms with Gasteiger partial charge in [0.05, 0.1) is 0 Å². The van der Waals surface area contributed by atoms with Crippen molar-refractivity contribution < 1.29 is 4.79 Å². The molecule has 0 bridgehead atoms. The summed E-state index contributed by atoms with van der Waals surface area (Å²) in [5, 5.41) is 0.209. The highest BCUT2D eigenvalue weighted by Crippen LogP contribution is 2.38. The smallest absolute Gasteiger partial charge is 0.247 e. The first-order chi connectivity index (χ1) is 5.63. The summed E-state index contributed by atoms with van der Waals surface area (Å²) in [7, 11) is 0. The summed E-state index contributed by atoms with van der Waals surface area (Å²) in [6.45, 7) is 4.06. The van der Waals surface area contributed by atoms with Crippen molar-refractivity contribution in [2.75, 3.05) is 5.75 Å². The minimum Gasteiger partial charge on any atom is -0.317 e. The maximum Gasteiger partial charge on any atom is 0.247 e. The summed E-state index contributed by atoms with van der Waals surface area (Å²) in [6.07, 6.45) is 0. The molecule has 66 valence electrons. The number of β-lactam (4-membered cyclic amide) rings is 1. The molecule has 0 radical (unpaired) electrons. The Morgan fingerprint density at radius 3 is 2.92 bits per heavy atom. The van der Waals surface area contributed by atoms with E-state index in [1.165, 1.54) is 5.57 Å². The number of carbonyl (C=O) groups excluding carboxylic acids is 1. The van der Waals surface area contributed by atoms with Crippen molar-refractivity contribution in [3.63, 3.8) is 0 Å². The molecule has 2 aliphatic heterocycles. The predicted octanol–water partition coefficient (Wildman–Crippen LogP) is 0.523. The van der Waals surface area contributed by atoms with Crippen LogP contribution in [0.2, 0.25) is 0 Å². The van der Waals surface area contributed by atoms with Gasteiger partial charge in [0.2, 0.25) is 5.91 Å². The van der Waals surface area contributed by atoms with Gasteiger partial charge in [-0.05, 0) is 19.4 Å². The van der Waals surface area contributed by atoms with Gasteiger partial charge in [0, 0.05) is 11.4 Å². The number of rotatable bonds is 0. The van der Waals surface area contributed by atoms with Crippen LogP contribution >= 0.6 is 11.8 Å². The summed E-state index contributed by atoms with van der Waals surface area (Å²) in [5.74, 6) is 1.08. The van der Waals surface area contributed by atoms with E-state index >= 15 is 0 Å². The molecule has 0 saturated carbocycles. The van der Waals surface area contributed by atoms with Crippen molar-refractivity contribution in [3.8, 4) is 0 Å². The van der Waals surface area contributed by atoms with Crippen LogP contribution in [0.25, 0.3) is 0 Å². The zero-order chi connectivity index (χ0) is 8.88. The molecule has 1 fully saturated rings. The molecule has 2 atom stereocenters. The van der Waals surface area contributed by atoms with Crippen LogP contribution in [-0.4, -0.2) is 28.0 Å². The highest BCUT2D eigenvalue weighted by molar-refractivity contribution is 8.00. The molecule has 0 aromatic carbocycles. The standard InChI is InChI=1S/C8H12N2OS/c1-4-3-12-8-6(9)7(11)10(8)5(4)2/h6,8H,3,9H2,1-2H3/t6-,8+/m1/s1. The molecule has 4 heteroatoms. The van der Waals surface area contributed by atoms with Crippen LogP contribution in [0.4, 0.5) is 0 Å². The Kier molecular flexibility index (Phi) is 1.70. The second-order valence-corrected chi connectivity index (χ2v) is 4.41. The second kappa shape index (κ2) is 2.50. The summed E-state index contributed by atoms with van der Waals surface area (Å²) in [6, 6.07) is -0.266. The fourth-order valence-corrected chi connectivity index (χ4v) is 2.91. The van der Waals surface area contributed by atoms with Gasteiger partial charge in [0.15, 0.2) is 0 Å². The van der Waals surface area contributed by atoms with Gasteiger partial charge in [-0.1, -0.05) is 0 Å². The number of allylic oxidation sites excluding steroid dienone is 1. The number of thioether (sulfide) groups is 1. The van der Waals surface area contributed by atoms with E-state index in [1.807, 2.05) is 11.8 Å². The van der Waals surface area contributed by atoms with Crippen LogP contribution in [0.1, 0.15) is 13.8 Å². The maximum atomic E-state index is 11.3. The van der Waals surface area contributed by atoms with Crippen LogP contribution in [0.15, 0.2) is 11.3 Å². The average molecular weight is 184 g/mol. The Balaban J connectivity index is 2.29. The minimum atomic E-state index is -0.266. The van der Waals surface area contributed by atoms with Gasteiger partial charge >= 0.3 is 0 Å². The van der Waals surface area contributed by atoms with Gasteiger partial charge in [-0.25, -0.2) is 0 Å². The van der Waals surface area contributed by atoms with E-state index in [0.717, 1.165) is 11.4 Å². The normalized spacial score (nSPS) is 34.9. The van der Waals surface area contributed by atoms with Gasteiger partial charge in [0.1, 0.15) is 11.4 Å². The Bertz CT molecular complexity index is 274. The first-order valence-electron chi connectivity index (χ1n) is 3.99. The highest BCUT2D eigenvalue weighted by Gasteiger charge is 2.48. The van der Waals surface area contributed by atoms with Crippen LogP contribution in [0.5, 0.6) is 0 Å². The molecule has 3 nitrogen and oxygen atoms in total. The Morgan fingerprint density at radius 1 is 1.58 bits per heavy atom. The Hall–Kier alpha value is -0.480. The molecule has 2 heterocycles. The molecule has 0 aromatic heterocycles. The zero-order valence-corrected chi connectivity index (χ0v) is 8.02. The fourth-order valence-electron chi connectivity index (χ4n) is 1.54. The van der Waals surface area contributed by atoms with Crippen LogP contribution in [-0.2, 0) is 4.79 Å². The average Bonchev–Trinajstić information content (AvgIpc) is 2.08. The van der Waals surface area contributed by atoms with E-state index in [0.29, 0.717) is 0 Å². The molecule has 1 saturated heterocycles. The van der Waals surface area contributed by atoms with Crippen molar-refractivity contribution in [1.29, 1.82) is 0 Å². The monoisotopic (exact) mass is 184 g/mol. The van der Waals surface area contributed by atoms with Gasteiger partial charge in [0.25, 0.3) is 0 Å². The third kappa shape index (κ3) is 0.850. The summed E-state index contributed by atoms with van der Waals surface area (Å²) >= 11 is 1.76. The molecular weight excluding hydrogens is 172 g/mol. The van der Waals surface area contributed by atoms with Crippen molar-refractivity contribution in [2.24, 2.45) is 5.73 Å². The lowest BCUT2D eigenvalue weighted by Gasteiger charge is -2.48. The van der Waals surface area contributed by atoms with E-state index in [9.17, 15) is 4.79 Å². The number of nitrogens with zero attached hydrogens (tertiary/aromatic N) is 1. The molecule has 2 aliphatic rings. The van der Waals surface area contributed by atoms with E-state index in [4.69, 9.17) is 5.73 Å². The molecular formula is C8H12N2OS.